The maximum absolute atomic E-state index is 12.4. The Morgan fingerprint density at radius 1 is 1.19 bits per heavy atom. The highest BCUT2D eigenvalue weighted by molar-refractivity contribution is 7.13. The van der Waals surface area contributed by atoms with Crippen LogP contribution in [-0.4, -0.2) is 39.1 Å². The van der Waals surface area contributed by atoms with Crippen molar-refractivity contribution in [3.05, 3.63) is 69.4 Å². The Bertz CT molecular complexity index is 834. The SMILES string of the molecule is O=C(NCc1ccccc1)c1nc2c(s1)CCN(Cc1cn[nH]c1)CC2. The van der Waals surface area contributed by atoms with Crippen molar-refractivity contribution in [3.63, 3.8) is 0 Å². The molecule has 0 spiro atoms. The Morgan fingerprint density at radius 3 is 2.85 bits per heavy atom. The summed E-state index contributed by atoms with van der Waals surface area (Å²) in [5, 5.41) is 10.4. The summed E-state index contributed by atoms with van der Waals surface area (Å²) in [5.74, 6) is -0.0813. The van der Waals surface area contributed by atoms with E-state index in [4.69, 9.17) is 0 Å². The number of aromatic amines is 1. The van der Waals surface area contributed by atoms with E-state index in [0.29, 0.717) is 11.6 Å². The molecule has 134 valence electrons. The fourth-order valence-electron chi connectivity index (χ4n) is 3.14. The second-order valence-electron chi connectivity index (χ2n) is 6.44. The summed E-state index contributed by atoms with van der Waals surface area (Å²) in [5.41, 5.74) is 3.37. The Kier molecular flexibility index (Phi) is 5.08. The topological polar surface area (TPSA) is 73.9 Å². The van der Waals surface area contributed by atoms with Gasteiger partial charge in [-0.15, -0.1) is 11.3 Å². The fourth-order valence-corrected chi connectivity index (χ4v) is 4.15. The van der Waals surface area contributed by atoms with Gasteiger partial charge in [-0.3, -0.25) is 14.8 Å². The standard InChI is InChI=1S/C19H21N5OS/c25-18(20-10-14-4-2-1-3-5-14)19-23-16-6-8-24(9-7-17(16)26-19)13-15-11-21-22-12-15/h1-5,11-12H,6-10,13H2,(H,20,25)(H,21,22). The van der Waals surface area contributed by atoms with Crippen molar-refractivity contribution in [2.45, 2.75) is 25.9 Å². The maximum atomic E-state index is 12.4. The van der Waals surface area contributed by atoms with E-state index >= 15 is 0 Å². The molecular weight excluding hydrogens is 346 g/mol. The number of carbonyl (C=O) groups is 1. The van der Waals surface area contributed by atoms with E-state index < -0.39 is 0 Å². The molecule has 2 N–H and O–H groups in total. The quantitative estimate of drug-likeness (QED) is 0.726. The molecule has 1 amide bonds. The minimum Gasteiger partial charge on any atom is -0.346 e. The highest BCUT2D eigenvalue weighted by atomic mass is 32.1. The molecule has 0 radical (unpaired) electrons. The van der Waals surface area contributed by atoms with Crippen LogP contribution in [0.5, 0.6) is 0 Å². The fraction of sp³-hybridized carbons (Fsp3) is 0.316. The van der Waals surface area contributed by atoms with Gasteiger partial charge in [-0.2, -0.15) is 5.10 Å². The van der Waals surface area contributed by atoms with Gasteiger partial charge < -0.3 is 5.32 Å². The van der Waals surface area contributed by atoms with Gasteiger partial charge in [-0.1, -0.05) is 30.3 Å². The predicted octanol–water partition coefficient (Wildman–Crippen LogP) is 2.40. The van der Waals surface area contributed by atoms with E-state index in [2.05, 4.69) is 25.4 Å². The van der Waals surface area contributed by atoms with E-state index in [1.54, 1.807) is 0 Å². The molecule has 0 bridgehead atoms. The summed E-state index contributed by atoms with van der Waals surface area (Å²) >= 11 is 1.53. The third-order valence-electron chi connectivity index (χ3n) is 4.55. The van der Waals surface area contributed by atoms with Crippen molar-refractivity contribution in [1.82, 2.24) is 25.4 Å². The number of nitrogens with one attached hydrogen (secondary N) is 2. The van der Waals surface area contributed by atoms with E-state index in [-0.39, 0.29) is 5.91 Å². The number of amides is 1. The molecule has 7 heteroatoms. The zero-order valence-electron chi connectivity index (χ0n) is 14.4. The van der Waals surface area contributed by atoms with Crippen molar-refractivity contribution in [2.24, 2.45) is 0 Å². The molecule has 1 aromatic carbocycles. The smallest absolute Gasteiger partial charge is 0.280 e. The molecule has 0 saturated carbocycles. The van der Waals surface area contributed by atoms with Crippen LogP contribution in [0.25, 0.3) is 0 Å². The van der Waals surface area contributed by atoms with Crippen LogP contribution < -0.4 is 5.32 Å². The number of H-pyrrole nitrogens is 1. The van der Waals surface area contributed by atoms with Gasteiger partial charge in [-0.05, 0) is 12.0 Å². The summed E-state index contributed by atoms with van der Waals surface area (Å²) < 4.78 is 0. The molecule has 3 heterocycles. The summed E-state index contributed by atoms with van der Waals surface area (Å²) in [7, 11) is 0. The molecule has 0 fully saturated rings. The third kappa shape index (κ3) is 4.00. The lowest BCUT2D eigenvalue weighted by atomic mass is 10.2. The van der Waals surface area contributed by atoms with Crippen molar-refractivity contribution in [1.29, 1.82) is 0 Å². The van der Waals surface area contributed by atoms with Crippen LogP contribution in [0.1, 0.15) is 31.5 Å². The number of carbonyl (C=O) groups excluding carboxylic acids is 1. The van der Waals surface area contributed by atoms with E-state index in [9.17, 15) is 4.79 Å². The average Bonchev–Trinajstić information content (AvgIpc) is 3.29. The lowest BCUT2D eigenvalue weighted by Gasteiger charge is -2.18. The van der Waals surface area contributed by atoms with Crippen LogP contribution in [0.3, 0.4) is 0 Å². The predicted molar refractivity (Wildman–Crippen MR) is 101 cm³/mol. The van der Waals surface area contributed by atoms with Crippen LogP contribution in [0.4, 0.5) is 0 Å². The summed E-state index contributed by atoms with van der Waals surface area (Å²) in [6.07, 6.45) is 5.63. The normalized spacial score (nSPS) is 14.6. The second-order valence-corrected chi connectivity index (χ2v) is 7.52. The number of hydrogen-bond acceptors (Lipinski definition) is 5. The minimum absolute atomic E-state index is 0.0813. The number of aromatic nitrogens is 3. The Balaban J connectivity index is 1.35. The molecule has 0 atom stereocenters. The molecule has 0 saturated heterocycles. The van der Waals surface area contributed by atoms with E-state index in [1.165, 1.54) is 21.8 Å². The number of thiazole rings is 1. The number of hydrogen-bond donors (Lipinski definition) is 2. The first-order valence-corrected chi connectivity index (χ1v) is 9.60. The summed E-state index contributed by atoms with van der Waals surface area (Å²) in [6.45, 7) is 3.36. The number of rotatable bonds is 5. The van der Waals surface area contributed by atoms with Crippen LogP contribution in [-0.2, 0) is 25.9 Å². The van der Waals surface area contributed by atoms with Crippen molar-refractivity contribution in [3.8, 4) is 0 Å². The maximum Gasteiger partial charge on any atom is 0.280 e. The second kappa shape index (κ2) is 7.80. The Labute approximate surface area is 156 Å². The number of fused-ring (bicyclic) bond motifs is 1. The van der Waals surface area contributed by atoms with Gasteiger partial charge in [-0.25, -0.2) is 4.98 Å². The first-order valence-electron chi connectivity index (χ1n) is 8.78. The largest absolute Gasteiger partial charge is 0.346 e. The molecular formula is C19H21N5OS. The van der Waals surface area contributed by atoms with Crippen LogP contribution in [0.15, 0.2) is 42.7 Å². The molecule has 1 aliphatic rings. The number of nitrogens with zero attached hydrogens (tertiary/aromatic N) is 3. The van der Waals surface area contributed by atoms with Gasteiger partial charge in [0.05, 0.1) is 11.9 Å². The lowest BCUT2D eigenvalue weighted by molar-refractivity contribution is 0.0950. The van der Waals surface area contributed by atoms with Gasteiger partial charge in [0.15, 0.2) is 5.01 Å². The third-order valence-corrected chi connectivity index (χ3v) is 5.71. The Morgan fingerprint density at radius 2 is 2.04 bits per heavy atom. The van der Waals surface area contributed by atoms with Crippen LogP contribution >= 0.6 is 11.3 Å². The van der Waals surface area contributed by atoms with Crippen LogP contribution in [0, 0.1) is 0 Å². The molecule has 26 heavy (non-hydrogen) atoms. The summed E-state index contributed by atoms with van der Waals surface area (Å²) in [4.78, 5) is 20.7. The highest BCUT2D eigenvalue weighted by Crippen LogP contribution is 2.23. The lowest BCUT2D eigenvalue weighted by Crippen LogP contribution is -2.26. The highest BCUT2D eigenvalue weighted by Gasteiger charge is 2.21. The van der Waals surface area contributed by atoms with Gasteiger partial charge in [0.1, 0.15) is 0 Å². The van der Waals surface area contributed by atoms with Crippen molar-refractivity contribution >= 4 is 17.2 Å². The van der Waals surface area contributed by atoms with E-state index in [1.807, 2.05) is 42.7 Å². The molecule has 2 aromatic heterocycles. The van der Waals surface area contributed by atoms with Crippen LogP contribution in [0.2, 0.25) is 0 Å². The molecule has 0 unspecified atom stereocenters. The monoisotopic (exact) mass is 367 g/mol. The van der Waals surface area contributed by atoms with Gasteiger partial charge >= 0.3 is 0 Å². The molecule has 4 rings (SSSR count). The minimum atomic E-state index is -0.0813. The van der Waals surface area contributed by atoms with Gasteiger partial charge in [0, 0.05) is 49.2 Å². The first-order chi connectivity index (χ1) is 12.8. The zero-order chi connectivity index (χ0) is 17.8. The molecule has 3 aromatic rings. The summed E-state index contributed by atoms with van der Waals surface area (Å²) in [6, 6.07) is 9.93. The van der Waals surface area contributed by atoms with Crippen molar-refractivity contribution < 1.29 is 4.79 Å². The number of benzene rings is 1. The first kappa shape index (κ1) is 16.9. The zero-order valence-corrected chi connectivity index (χ0v) is 15.3. The average molecular weight is 367 g/mol. The molecule has 6 nitrogen and oxygen atoms in total. The van der Waals surface area contributed by atoms with Crippen molar-refractivity contribution in [2.75, 3.05) is 13.1 Å². The van der Waals surface area contributed by atoms with E-state index in [0.717, 1.165) is 43.7 Å². The van der Waals surface area contributed by atoms with Gasteiger partial charge in [0.2, 0.25) is 0 Å². The molecule has 1 aliphatic heterocycles. The Hall–Kier alpha value is -2.51. The van der Waals surface area contributed by atoms with Gasteiger partial charge in [0.25, 0.3) is 5.91 Å². The molecule has 0 aliphatic carbocycles.